The maximum atomic E-state index is 12.3. The summed E-state index contributed by atoms with van der Waals surface area (Å²) < 4.78 is 1.83. The van der Waals surface area contributed by atoms with Gasteiger partial charge in [-0.05, 0) is 37.3 Å². The Labute approximate surface area is 136 Å². The van der Waals surface area contributed by atoms with Crippen molar-refractivity contribution in [1.82, 2.24) is 19.9 Å². The van der Waals surface area contributed by atoms with Gasteiger partial charge in [0.05, 0.1) is 16.6 Å². The van der Waals surface area contributed by atoms with Crippen LogP contribution in [0.5, 0.6) is 0 Å². The van der Waals surface area contributed by atoms with Crippen molar-refractivity contribution in [3.63, 3.8) is 0 Å². The van der Waals surface area contributed by atoms with Gasteiger partial charge in [0.2, 0.25) is 0 Å². The van der Waals surface area contributed by atoms with Crippen LogP contribution < -0.4 is 5.32 Å². The van der Waals surface area contributed by atoms with Crippen molar-refractivity contribution in [1.29, 1.82) is 0 Å². The van der Waals surface area contributed by atoms with Gasteiger partial charge >= 0.3 is 0 Å². The minimum atomic E-state index is -0.323. The molecule has 3 rings (SSSR count). The lowest BCUT2D eigenvalue weighted by Gasteiger charge is -2.13. The first-order valence-corrected chi connectivity index (χ1v) is 7.37. The fourth-order valence-corrected chi connectivity index (χ4v) is 2.66. The van der Waals surface area contributed by atoms with Gasteiger partial charge in [0.25, 0.3) is 5.91 Å². The third-order valence-corrected chi connectivity index (χ3v) is 3.80. The number of pyridine rings is 1. The number of hydrogen-bond acceptors (Lipinski definition) is 3. The molecule has 7 heteroatoms. The summed E-state index contributed by atoms with van der Waals surface area (Å²) in [7, 11) is 0. The summed E-state index contributed by atoms with van der Waals surface area (Å²) in [6.07, 6.45) is 1.85. The van der Waals surface area contributed by atoms with E-state index in [0.717, 1.165) is 5.65 Å². The number of benzene rings is 1. The minimum Gasteiger partial charge on any atom is -0.342 e. The maximum Gasteiger partial charge on any atom is 0.253 e. The molecule has 0 radical (unpaired) electrons. The second-order valence-electron chi connectivity index (χ2n) is 4.81. The molecule has 0 fully saturated rings. The van der Waals surface area contributed by atoms with Crippen LogP contribution in [0.2, 0.25) is 10.0 Å². The first kappa shape index (κ1) is 14.8. The highest BCUT2D eigenvalue weighted by Gasteiger charge is 2.18. The average Bonchev–Trinajstić information content (AvgIpc) is 2.91. The van der Waals surface area contributed by atoms with Crippen molar-refractivity contribution in [3.05, 3.63) is 64.0 Å². The summed E-state index contributed by atoms with van der Waals surface area (Å²) >= 11 is 11.9. The molecule has 22 heavy (non-hydrogen) atoms. The second-order valence-corrected chi connectivity index (χ2v) is 5.65. The highest BCUT2D eigenvalue weighted by Crippen LogP contribution is 2.22. The lowest BCUT2D eigenvalue weighted by molar-refractivity contribution is 0.0938. The predicted octanol–water partition coefficient (Wildman–Crippen LogP) is 3.53. The van der Waals surface area contributed by atoms with Crippen molar-refractivity contribution < 1.29 is 4.79 Å². The molecule has 1 atom stereocenters. The molecule has 0 saturated carbocycles. The molecule has 1 aromatic carbocycles. The summed E-state index contributed by atoms with van der Waals surface area (Å²) in [5.74, 6) is 0.357. The van der Waals surface area contributed by atoms with Crippen LogP contribution in [-0.4, -0.2) is 20.5 Å². The van der Waals surface area contributed by atoms with Crippen LogP contribution in [0.25, 0.3) is 5.65 Å². The number of halogens is 2. The number of nitrogens with one attached hydrogen (secondary N) is 1. The Bertz CT molecular complexity index is 846. The molecule has 112 valence electrons. The van der Waals surface area contributed by atoms with E-state index in [2.05, 4.69) is 15.5 Å². The topological polar surface area (TPSA) is 59.3 Å². The smallest absolute Gasteiger partial charge is 0.253 e. The third kappa shape index (κ3) is 2.77. The van der Waals surface area contributed by atoms with Crippen LogP contribution in [0.3, 0.4) is 0 Å². The van der Waals surface area contributed by atoms with E-state index in [1.807, 2.05) is 35.7 Å². The number of aromatic nitrogens is 3. The van der Waals surface area contributed by atoms with Crippen LogP contribution >= 0.6 is 23.2 Å². The Morgan fingerprint density at radius 2 is 2.05 bits per heavy atom. The van der Waals surface area contributed by atoms with Crippen molar-refractivity contribution in [2.45, 2.75) is 13.0 Å². The first-order chi connectivity index (χ1) is 10.6. The largest absolute Gasteiger partial charge is 0.342 e. The molecule has 0 unspecified atom stereocenters. The third-order valence-electron chi connectivity index (χ3n) is 3.25. The predicted molar refractivity (Wildman–Crippen MR) is 85.3 cm³/mol. The lowest BCUT2D eigenvalue weighted by Crippen LogP contribution is -2.28. The van der Waals surface area contributed by atoms with Gasteiger partial charge in [0.15, 0.2) is 11.5 Å². The zero-order valence-corrected chi connectivity index (χ0v) is 13.1. The Hall–Kier alpha value is -2.11. The molecule has 2 heterocycles. The Morgan fingerprint density at radius 3 is 2.82 bits per heavy atom. The van der Waals surface area contributed by atoms with E-state index in [0.29, 0.717) is 21.4 Å². The molecule has 0 saturated heterocycles. The number of amides is 1. The molecule has 0 aliphatic rings. The highest BCUT2D eigenvalue weighted by atomic mass is 35.5. The van der Waals surface area contributed by atoms with Crippen LogP contribution in [0, 0.1) is 0 Å². The number of rotatable bonds is 3. The molecule has 1 N–H and O–H groups in total. The number of nitrogens with zero attached hydrogens (tertiary/aromatic N) is 3. The van der Waals surface area contributed by atoms with Gasteiger partial charge in [-0.15, -0.1) is 10.2 Å². The second kappa shape index (κ2) is 5.94. The van der Waals surface area contributed by atoms with Gasteiger partial charge in [-0.3, -0.25) is 9.20 Å². The molecule has 5 nitrogen and oxygen atoms in total. The summed E-state index contributed by atoms with van der Waals surface area (Å²) in [4.78, 5) is 12.3. The molecule has 2 aromatic heterocycles. The normalized spacial score (nSPS) is 12.3. The van der Waals surface area contributed by atoms with Crippen LogP contribution in [0.15, 0.2) is 42.6 Å². The first-order valence-electron chi connectivity index (χ1n) is 6.62. The van der Waals surface area contributed by atoms with E-state index in [4.69, 9.17) is 23.2 Å². The number of fused-ring (bicyclic) bond motifs is 1. The zero-order valence-electron chi connectivity index (χ0n) is 11.6. The van der Waals surface area contributed by atoms with E-state index in [9.17, 15) is 4.79 Å². The molecular weight excluding hydrogens is 323 g/mol. The van der Waals surface area contributed by atoms with Crippen LogP contribution in [-0.2, 0) is 0 Å². The Kier molecular flexibility index (Phi) is 4.00. The van der Waals surface area contributed by atoms with E-state index in [1.54, 1.807) is 12.1 Å². The minimum absolute atomic E-state index is 0.290. The van der Waals surface area contributed by atoms with Gasteiger partial charge < -0.3 is 5.32 Å². The highest BCUT2D eigenvalue weighted by molar-refractivity contribution is 6.36. The fourth-order valence-electron chi connectivity index (χ4n) is 2.17. The Balaban J connectivity index is 1.84. The quantitative estimate of drug-likeness (QED) is 0.797. The fraction of sp³-hybridized carbons (Fsp3) is 0.133. The van der Waals surface area contributed by atoms with Gasteiger partial charge in [0.1, 0.15) is 0 Å². The van der Waals surface area contributed by atoms with Crippen molar-refractivity contribution in [3.8, 4) is 0 Å². The van der Waals surface area contributed by atoms with E-state index in [-0.39, 0.29) is 11.9 Å². The van der Waals surface area contributed by atoms with E-state index >= 15 is 0 Å². The van der Waals surface area contributed by atoms with Gasteiger partial charge in [-0.2, -0.15) is 0 Å². The van der Waals surface area contributed by atoms with Crippen LogP contribution in [0.4, 0.5) is 0 Å². The number of carbonyl (C=O) groups excluding carboxylic acids is 1. The standard InChI is InChI=1S/C15H12Cl2N4O/c1-9(14-20-19-13-4-2-3-7-21(13)14)18-15(22)11-6-5-10(16)8-12(11)17/h2-9H,1H3,(H,18,22)/t9-/m0/s1. The van der Waals surface area contributed by atoms with E-state index in [1.165, 1.54) is 6.07 Å². The summed E-state index contributed by atoms with van der Waals surface area (Å²) in [6, 6.07) is 10.0. The molecule has 1 amide bonds. The molecule has 0 aliphatic heterocycles. The summed E-state index contributed by atoms with van der Waals surface area (Å²) in [5, 5.41) is 11.8. The number of carbonyl (C=O) groups is 1. The SMILES string of the molecule is C[C@H](NC(=O)c1ccc(Cl)cc1Cl)c1nnc2ccccn12. The molecule has 3 aromatic rings. The van der Waals surface area contributed by atoms with Gasteiger partial charge in [-0.25, -0.2) is 0 Å². The molecular formula is C15H12Cl2N4O. The maximum absolute atomic E-state index is 12.3. The van der Waals surface area contributed by atoms with Crippen LogP contribution in [0.1, 0.15) is 29.1 Å². The lowest BCUT2D eigenvalue weighted by atomic mass is 10.2. The summed E-state index contributed by atoms with van der Waals surface area (Å²) in [6.45, 7) is 1.84. The summed E-state index contributed by atoms with van der Waals surface area (Å²) in [5.41, 5.74) is 1.09. The number of hydrogen-bond donors (Lipinski definition) is 1. The van der Waals surface area contributed by atoms with Crippen molar-refractivity contribution in [2.24, 2.45) is 0 Å². The zero-order chi connectivity index (χ0) is 15.7. The molecule has 0 bridgehead atoms. The molecule has 0 spiro atoms. The van der Waals surface area contributed by atoms with Gasteiger partial charge in [0, 0.05) is 11.2 Å². The molecule has 0 aliphatic carbocycles. The van der Waals surface area contributed by atoms with Crippen molar-refractivity contribution >= 4 is 34.8 Å². The average molecular weight is 335 g/mol. The van der Waals surface area contributed by atoms with Gasteiger partial charge in [-0.1, -0.05) is 29.3 Å². The Morgan fingerprint density at radius 1 is 1.23 bits per heavy atom. The van der Waals surface area contributed by atoms with E-state index < -0.39 is 0 Å². The monoisotopic (exact) mass is 334 g/mol. The van der Waals surface area contributed by atoms with Crippen molar-refractivity contribution in [2.75, 3.05) is 0 Å².